The zero-order chi connectivity index (χ0) is 11.7. The van der Waals surface area contributed by atoms with E-state index in [0.29, 0.717) is 11.1 Å². The zero-order valence-corrected chi connectivity index (χ0v) is 9.18. The molecule has 0 fully saturated rings. The van der Waals surface area contributed by atoms with E-state index in [4.69, 9.17) is 5.73 Å². The highest BCUT2D eigenvalue weighted by Crippen LogP contribution is 2.23. The van der Waals surface area contributed by atoms with Crippen LogP contribution < -0.4 is 5.73 Å². The van der Waals surface area contributed by atoms with Gasteiger partial charge in [-0.15, -0.1) is 0 Å². The van der Waals surface area contributed by atoms with Crippen LogP contribution in [-0.4, -0.2) is 14.8 Å². The van der Waals surface area contributed by atoms with Crippen molar-refractivity contribution in [1.82, 2.24) is 14.8 Å². The number of rotatable bonds is 2. The summed E-state index contributed by atoms with van der Waals surface area (Å²) in [6.45, 7) is 3.52. The second kappa shape index (κ2) is 4.02. The first-order chi connectivity index (χ1) is 7.59. The van der Waals surface area contributed by atoms with Crippen molar-refractivity contribution in [1.29, 1.82) is 0 Å². The van der Waals surface area contributed by atoms with Gasteiger partial charge in [0.25, 0.3) is 0 Å². The van der Waals surface area contributed by atoms with Gasteiger partial charge in [-0.05, 0) is 37.1 Å². The molecule has 1 unspecified atom stereocenters. The molecular formula is C11H13FN4. The predicted molar refractivity (Wildman–Crippen MR) is 58.7 cm³/mol. The van der Waals surface area contributed by atoms with Crippen LogP contribution in [0.5, 0.6) is 0 Å². The molecule has 1 aromatic heterocycles. The van der Waals surface area contributed by atoms with Gasteiger partial charge in [0.05, 0.1) is 5.69 Å². The quantitative estimate of drug-likeness (QED) is 0.838. The molecule has 4 nitrogen and oxygen atoms in total. The highest BCUT2D eigenvalue weighted by Gasteiger charge is 2.12. The minimum Gasteiger partial charge on any atom is -0.324 e. The fourth-order valence-corrected chi connectivity index (χ4v) is 1.58. The summed E-state index contributed by atoms with van der Waals surface area (Å²) in [5.41, 5.74) is 7.86. The van der Waals surface area contributed by atoms with Crippen LogP contribution in [0.2, 0.25) is 0 Å². The number of hydrogen-bond acceptors (Lipinski definition) is 3. The highest BCUT2D eigenvalue weighted by atomic mass is 19.1. The van der Waals surface area contributed by atoms with E-state index < -0.39 is 0 Å². The minimum absolute atomic E-state index is 0.254. The molecule has 0 saturated carbocycles. The SMILES string of the molecule is Cc1cc(-n2cncn2)c(C(C)N)cc1F. The first-order valence-corrected chi connectivity index (χ1v) is 5.00. The van der Waals surface area contributed by atoms with Gasteiger partial charge in [-0.2, -0.15) is 5.10 Å². The number of aromatic nitrogens is 3. The second-order valence-corrected chi connectivity index (χ2v) is 3.79. The van der Waals surface area contributed by atoms with Crippen LogP contribution in [-0.2, 0) is 0 Å². The first-order valence-electron chi connectivity index (χ1n) is 5.00. The number of halogens is 1. The Kier molecular flexibility index (Phi) is 2.70. The molecule has 84 valence electrons. The van der Waals surface area contributed by atoms with Crippen molar-refractivity contribution in [3.8, 4) is 5.69 Å². The van der Waals surface area contributed by atoms with Crippen molar-refractivity contribution >= 4 is 0 Å². The van der Waals surface area contributed by atoms with Gasteiger partial charge in [-0.25, -0.2) is 14.1 Å². The Labute approximate surface area is 92.9 Å². The Morgan fingerprint density at radius 1 is 1.44 bits per heavy atom. The minimum atomic E-state index is -0.255. The summed E-state index contributed by atoms with van der Waals surface area (Å²) >= 11 is 0. The molecule has 16 heavy (non-hydrogen) atoms. The van der Waals surface area contributed by atoms with Gasteiger partial charge in [0.2, 0.25) is 0 Å². The molecule has 2 N–H and O–H groups in total. The maximum Gasteiger partial charge on any atom is 0.138 e. The van der Waals surface area contributed by atoms with Crippen LogP contribution in [0.25, 0.3) is 5.69 Å². The summed E-state index contributed by atoms with van der Waals surface area (Å²) in [5.74, 6) is -0.254. The third-order valence-electron chi connectivity index (χ3n) is 2.46. The van der Waals surface area contributed by atoms with Gasteiger partial charge in [0.15, 0.2) is 0 Å². The summed E-state index contributed by atoms with van der Waals surface area (Å²) in [6.07, 6.45) is 3.00. The standard InChI is InChI=1S/C11H13FN4/c1-7-3-11(16-6-14-5-15-16)9(8(2)13)4-10(7)12/h3-6,8H,13H2,1-2H3. The van der Waals surface area contributed by atoms with Gasteiger partial charge in [0.1, 0.15) is 18.5 Å². The van der Waals surface area contributed by atoms with Crippen LogP contribution in [0.3, 0.4) is 0 Å². The summed E-state index contributed by atoms with van der Waals surface area (Å²) in [6, 6.07) is 2.92. The molecule has 5 heteroatoms. The fourth-order valence-electron chi connectivity index (χ4n) is 1.58. The highest BCUT2D eigenvalue weighted by molar-refractivity contribution is 5.45. The molecule has 0 spiro atoms. The second-order valence-electron chi connectivity index (χ2n) is 3.79. The molecule has 0 saturated heterocycles. The Morgan fingerprint density at radius 2 is 2.19 bits per heavy atom. The van der Waals surface area contributed by atoms with E-state index in [1.807, 2.05) is 6.92 Å². The lowest BCUT2D eigenvalue weighted by atomic mass is 10.0. The summed E-state index contributed by atoms with van der Waals surface area (Å²) in [4.78, 5) is 3.87. The average molecular weight is 220 g/mol. The van der Waals surface area contributed by atoms with Crippen LogP contribution in [0, 0.1) is 12.7 Å². The summed E-state index contributed by atoms with van der Waals surface area (Å²) in [5, 5.41) is 4.03. The molecule has 0 aliphatic carbocycles. The lowest BCUT2D eigenvalue weighted by Gasteiger charge is -2.13. The topological polar surface area (TPSA) is 56.7 Å². The maximum absolute atomic E-state index is 13.5. The van der Waals surface area contributed by atoms with E-state index in [2.05, 4.69) is 10.1 Å². The summed E-state index contributed by atoms with van der Waals surface area (Å²) in [7, 11) is 0. The molecule has 1 aromatic carbocycles. The van der Waals surface area contributed by atoms with Gasteiger partial charge in [0, 0.05) is 6.04 Å². The molecule has 0 bridgehead atoms. The van der Waals surface area contributed by atoms with Gasteiger partial charge in [-0.3, -0.25) is 0 Å². The monoisotopic (exact) mass is 220 g/mol. The predicted octanol–water partition coefficient (Wildman–Crippen LogP) is 1.73. The largest absolute Gasteiger partial charge is 0.324 e. The van der Waals surface area contributed by atoms with Crippen molar-refractivity contribution < 1.29 is 4.39 Å². The van der Waals surface area contributed by atoms with E-state index >= 15 is 0 Å². The van der Waals surface area contributed by atoms with Gasteiger partial charge in [-0.1, -0.05) is 0 Å². The molecule has 0 aliphatic heterocycles. The number of nitrogens with two attached hydrogens (primary N) is 1. The third-order valence-corrected chi connectivity index (χ3v) is 2.46. The Bertz CT molecular complexity index is 491. The molecule has 2 aromatic rings. The number of benzene rings is 1. The lowest BCUT2D eigenvalue weighted by Crippen LogP contribution is -2.11. The fraction of sp³-hybridized carbons (Fsp3) is 0.273. The van der Waals surface area contributed by atoms with Crippen molar-refractivity contribution in [2.75, 3.05) is 0 Å². The van der Waals surface area contributed by atoms with Crippen molar-refractivity contribution in [3.63, 3.8) is 0 Å². The Morgan fingerprint density at radius 3 is 2.75 bits per heavy atom. The van der Waals surface area contributed by atoms with E-state index in [-0.39, 0.29) is 11.9 Å². The average Bonchev–Trinajstić information content (AvgIpc) is 2.74. The molecule has 0 radical (unpaired) electrons. The van der Waals surface area contributed by atoms with E-state index in [1.165, 1.54) is 12.4 Å². The third kappa shape index (κ3) is 1.81. The normalized spacial score (nSPS) is 12.8. The van der Waals surface area contributed by atoms with Crippen molar-refractivity contribution in [3.05, 3.63) is 41.7 Å². The van der Waals surface area contributed by atoms with E-state index in [1.54, 1.807) is 24.0 Å². The lowest BCUT2D eigenvalue weighted by molar-refractivity contribution is 0.611. The molecular weight excluding hydrogens is 207 g/mol. The molecule has 0 amide bonds. The van der Waals surface area contributed by atoms with Crippen LogP contribution >= 0.6 is 0 Å². The van der Waals surface area contributed by atoms with Crippen molar-refractivity contribution in [2.24, 2.45) is 5.73 Å². The Balaban J connectivity index is 2.63. The molecule has 1 atom stereocenters. The molecule has 2 rings (SSSR count). The zero-order valence-electron chi connectivity index (χ0n) is 9.18. The smallest absolute Gasteiger partial charge is 0.138 e. The van der Waals surface area contributed by atoms with E-state index in [9.17, 15) is 4.39 Å². The molecule has 1 heterocycles. The Hall–Kier alpha value is -1.75. The first kappa shape index (κ1) is 10.8. The molecule has 0 aliphatic rings. The van der Waals surface area contributed by atoms with Crippen LogP contribution in [0.15, 0.2) is 24.8 Å². The summed E-state index contributed by atoms with van der Waals surface area (Å²) < 4.78 is 15.0. The number of hydrogen-bond donors (Lipinski definition) is 1. The van der Waals surface area contributed by atoms with E-state index in [0.717, 1.165) is 5.69 Å². The van der Waals surface area contributed by atoms with Crippen molar-refractivity contribution in [2.45, 2.75) is 19.9 Å². The van der Waals surface area contributed by atoms with Crippen LogP contribution in [0.4, 0.5) is 4.39 Å². The van der Waals surface area contributed by atoms with Gasteiger partial charge >= 0.3 is 0 Å². The van der Waals surface area contributed by atoms with Crippen LogP contribution in [0.1, 0.15) is 24.1 Å². The number of aryl methyl sites for hydroxylation is 1. The van der Waals surface area contributed by atoms with Gasteiger partial charge < -0.3 is 5.73 Å². The number of nitrogens with zero attached hydrogens (tertiary/aromatic N) is 3. The maximum atomic E-state index is 13.5.